The molecular formula is C21H21N3O9S2. The van der Waals surface area contributed by atoms with Crippen molar-refractivity contribution >= 4 is 49.0 Å². The van der Waals surface area contributed by atoms with Crippen molar-refractivity contribution in [1.82, 2.24) is 4.57 Å². The van der Waals surface area contributed by atoms with E-state index in [0.717, 1.165) is 29.7 Å². The maximum Gasteiger partial charge on any atom is 0.326 e. The van der Waals surface area contributed by atoms with Crippen LogP contribution >= 0.6 is 11.3 Å². The molecule has 186 valence electrons. The molecule has 1 heterocycles. The summed E-state index contributed by atoms with van der Waals surface area (Å²) < 4.78 is 41.0. The average Bonchev–Trinajstić information content (AvgIpc) is 3.13. The molecule has 1 amide bonds. The van der Waals surface area contributed by atoms with Gasteiger partial charge in [0.15, 0.2) is 26.1 Å². The van der Waals surface area contributed by atoms with E-state index in [1.165, 1.54) is 37.0 Å². The van der Waals surface area contributed by atoms with Gasteiger partial charge in [0.1, 0.15) is 12.1 Å². The highest BCUT2D eigenvalue weighted by molar-refractivity contribution is 7.90. The zero-order chi connectivity index (χ0) is 25.9. The summed E-state index contributed by atoms with van der Waals surface area (Å²) >= 11 is 0.947. The standard InChI is InChI=1S/C21H21N3O9S2/c1-5-33-19(25)11-23-14-7-6-12(35(4,29)30)8-18(14)34-21(23)22-20(26)13-9-16(31-2)17(32-3)10-15(13)24(27)28/h6-10H,5,11H2,1-4H3. The summed E-state index contributed by atoms with van der Waals surface area (Å²) in [7, 11) is -0.905. The number of carbonyl (C=O) groups is 2. The molecule has 3 rings (SSSR count). The SMILES string of the molecule is CCOC(=O)Cn1c(=NC(=O)c2cc(OC)c(OC)cc2[N+](=O)[O-])sc2cc(S(C)(=O)=O)ccc21. The Morgan fingerprint density at radius 1 is 1.14 bits per heavy atom. The van der Waals surface area contributed by atoms with Gasteiger partial charge in [0, 0.05) is 12.3 Å². The lowest BCUT2D eigenvalue weighted by Crippen LogP contribution is -2.23. The van der Waals surface area contributed by atoms with Crippen molar-refractivity contribution in [3.8, 4) is 11.5 Å². The first-order valence-electron chi connectivity index (χ1n) is 9.98. The number of methoxy groups -OCH3 is 2. The highest BCUT2D eigenvalue weighted by atomic mass is 32.2. The van der Waals surface area contributed by atoms with Gasteiger partial charge in [-0.05, 0) is 25.1 Å². The van der Waals surface area contributed by atoms with E-state index in [1.807, 2.05) is 0 Å². The number of aromatic nitrogens is 1. The zero-order valence-corrected chi connectivity index (χ0v) is 20.8. The summed E-state index contributed by atoms with van der Waals surface area (Å²) in [6, 6.07) is 6.46. The maximum absolute atomic E-state index is 13.1. The second-order valence-electron chi connectivity index (χ2n) is 7.08. The third-order valence-electron chi connectivity index (χ3n) is 4.80. The molecule has 0 N–H and O–H groups in total. The molecule has 0 radical (unpaired) electrons. The van der Waals surface area contributed by atoms with Gasteiger partial charge in [-0.15, -0.1) is 0 Å². The number of fused-ring (bicyclic) bond motifs is 1. The van der Waals surface area contributed by atoms with Gasteiger partial charge in [-0.25, -0.2) is 8.42 Å². The molecule has 0 atom stereocenters. The third kappa shape index (κ3) is 5.49. The van der Waals surface area contributed by atoms with E-state index in [2.05, 4.69) is 4.99 Å². The number of benzene rings is 2. The lowest BCUT2D eigenvalue weighted by molar-refractivity contribution is -0.385. The van der Waals surface area contributed by atoms with Gasteiger partial charge in [-0.2, -0.15) is 4.99 Å². The Balaban J connectivity index is 2.25. The van der Waals surface area contributed by atoms with E-state index in [0.29, 0.717) is 10.2 Å². The van der Waals surface area contributed by atoms with Gasteiger partial charge < -0.3 is 18.8 Å². The van der Waals surface area contributed by atoms with Gasteiger partial charge in [0.25, 0.3) is 11.6 Å². The number of hydrogen-bond acceptors (Lipinski definition) is 10. The van der Waals surface area contributed by atoms with Gasteiger partial charge >= 0.3 is 5.97 Å². The van der Waals surface area contributed by atoms with Crippen LogP contribution in [0.25, 0.3) is 10.2 Å². The van der Waals surface area contributed by atoms with E-state index in [9.17, 15) is 28.1 Å². The number of nitro groups is 1. The van der Waals surface area contributed by atoms with Crippen LogP contribution in [-0.2, 0) is 25.9 Å². The van der Waals surface area contributed by atoms with Crippen LogP contribution in [-0.4, -0.2) is 56.9 Å². The number of thiazole rings is 1. The molecule has 0 aliphatic heterocycles. The first-order chi connectivity index (χ1) is 16.5. The van der Waals surface area contributed by atoms with Crippen LogP contribution in [0.1, 0.15) is 17.3 Å². The van der Waals surface area contributed by atoms with Crippen LogP contribution in [0.15, 0.2) is 40.2 Å². The normalized spacial score (nSPS) is 11.9. The number of ether oxygens (including phenoxy) is 3. The predicted molar refractivity (Wildman–Crippen MR) is 126 cm³/mol. The highest BCUT2D eigenvalue weighted by Crippen LogP contribution is 2.35. The third-order valence-corrected chi connectivity index (χ3v) is 6.95. The van der Waals surface area contributed by atoms with E-state index in [4.69, 9.17) is 14.2 Å². The van der Waals surface area contributed by atoms with Gasteiger partial charge in [0.05, 0.1) is 46.9 Å². The Kier molecular flexibility index (Phi) is 7.55. The Bertz CT molecular complexity index is 1500. The van der Waals surface area contributed by atoms with E-state index in [-0.39, 0.29) is 39.9 Å². The summed E-state index contributed by atoms with van der Waals surface area (Å²) in [5, 5.41) is 11.6. The van der Waals surface area contributed by atoms with Gasteiger partial charge in [0.2, 0.25) is 0 Å². The second-order valence-corrected chi connectivity index (χ2v) is 10.1. The van der Waals surface area contributed by atoms with Crippen molar-refractivity contribution in [2.45, 2.75) is 18.4 Å². The number of amides is 1. The predicted octanol–water partition coefficient (Wildman–Crippen LogP) is 2.34. The first-order valence-corrected chi connectivity index (χ1v) is 12.7. The molecule has 0 bridgehead atoms. The Morgan fingerprint density at radius 3 is 2.37 bits per heavy atom. The fourth-order valence-electron chi connectivity index (χ4n) is 3.20. The van der Waals surface area contributed by atoms with Gasteiger partial charge in [-0.1, -0.05) is 11.3 Å². The fraction of sp³-hybridized carbons (Fsp3) is 0.286. The van der Waals surface area contributed by atoms with Crippen LogP contribution in [0.4, 0.5) is 5.69 Å². The first kappa shape index (κ1) is 25.8. The number of sulfone groups is 1. The van der Waals surface area contributed by atoms with E-state index in [1.54, 1.807) is 6.92 Å². The van der Waals surface area contributed by atoms with Crippen LogP contribution in [0.2, 0.25) is 0 Å². The Labute approximate surface area is 203 Å². The smallest absolute Gasteiger partial charge is 0.326 e. The lowest BCUT2D eigenvalue weighted by atomic mass is 10.1. The molecule has 0 saturated carbocycles. The monoisotopic (exact) mass is 523 g/mol. The number of rotatable bonds is 8. The summed E-state index contributed by atoms with van der Waals surface area (Å²) in [6.45, 7) is 1.45. The summed E-state index contributed by atoms with van der Waals surface area (Å²) in [4.78, 5) is 40.2. The van der Waals surface area contributed by atoms with E-state index < -0.39 is 32.3 Å². The molecule has 1 aromatic heterocycles. The number of hydrogen-bond donors (Lipinski definition) is 0. The molecular weight excluding hydrogens is 502 g/mol. The minimum atomic E-state index is -3.52. The summed E-state index contributed by atoms with van der Waals surface area (Å²) in [5.74, 6) is -1.43. The number of nitrogens with zero attached hydrogens (tertiary/aromatic N) is 3. The Morgan fingerprint density at radius 2 is 1.80 bits per heavy atom. The number of carbonyl (C=O) groups excluding carboxylic acids is 2. The zero-order valence-electron chi connectivity index (χ0n) is 19.1. The van der Waals surface area contributed by atoms with Crippen LogP contribution < -0.4 is 14.3 Å². The van der Waals surface area contributed by atoms with Crippen LogP contribution in [0.3, 0.4) is 0 Å². The topological polar surface area (TPSA) is 156 Å². The quantitative estimate of drug-likeness (QED) is 0.245. The van der Waals surface area contributed by atoms with Crippen LogP contribution in [0.5, 0.6) is 11.5 Å². The van der Waals surface area contributed by atoms with Crippen molar-refractivity contribution in [3.63, 3.8) is 0 Å². The minimum absolute atomic E-state index is 0.0211. The molecule has 0 saturated heterocycles. The fourth-order valence-corrected chi connectivity index (χ4v) is 4.98. The molecule has 0 aliphatic rings. The van der Waals surface area contributed by atoms with Crippen molar-refractivity contribution < 1.29 is 37.1 Å². The number of esters is 1. The minimum Gasteiger partial charge on any atom is -0.493 e. The van der Waals surface area contributed by atoms with Crippen molar-refractivity contribution in [3.05, 3.63) is 50.8 Å². The van der Waals surface area contributed by atoms with Gasteiger partial charge in [-0.3, -0.25) is 19.7 Å². The molecule has 3 aromatic rings. The average molecular weight is 524 g/mol. The summed E-state index contributed by atoms with van der Waals surface area (Å²) in [6.07, 6.45) is 1.06. The van der Waals surface area contributed by atoms with Crippen LogP contribution in [0, 0.1) is 10.1 Å². The molecule has 0 aliphatic carbocycles. The molecule has 35 heavy (non-hydrogen) atoms. The van der Waals surface area contributed by atoms with Crippen molar-refractivity contribution in [2.75, 3.05) is 27.1 Å². The second kappa shape index (κ2) is 10.2. The molecule has 14 heteroatoms. The molecule has 0 unspecified atom stereocenters. The summed E-state index contributed by atoms with van der Waals surface area (Å²) in [5.41, 5.74) is -0.470. The van der Waals surface area contributed by atoms with Crippen molar-refractivity contribution in [1.29, 1.82) is 0 Å². The van der Waals surface area contributed by atoms with E-state index >= 15 is 0 Å². The Hall–Kier alpha value is -3.78. The van der Waals surface area contributed by atoms with Crippen molar-refractivity contribution in [2.24, 2.45) is 4.99 Å². The maximum atomic E-state index is 13.1. The largest absolute Gasteiger partial charge is 0.493 e. The molecule has 2 aromatic carbocycles. The molecule has 0 fully saturated rings. The number of nitro benzene ring substituents is 1. The lowest BCUT2D eigenvalue weighted by Gasteiger charge is -2.09. The molecule has 0 spiro atoms. The highest BCUT2D eigenvalue weighted by Gasteiger charge is 2.25. The molecule has 12 nitrogen and oxygen atoms in total.